The minimum Gasteiger partial charge on any atom is -0.374 e. The van der Waals surface area contributed by atoms with Crippen LogP contribution in [-0.4, -0.2) is 32.2 Å². The summed E-state index contributed by atoms with van der Waals surface area (Å²) in [5.41, 5.74) is 2.30. The zero-order valence-corrected chi connectivity index (χ0v) is 14.8. The van der Waals surface area contributed by atoms with Crippen molar-refractivity contribution in [2.45, 2.75) is 38.6 Å². The lowest BCUT2D eigenvalue weighted by atomic mass is 10.0. The molecule has 4 atom stereocenters. The zero-order chi connectivity index (χ0) is 17.5. The van der Waals surface area contributed by atoms with Gasteiger partial charge in [-0.15, -0.1) is 0 Å². The fourth-order valence-corrected chi connectivity index (χ4v) is 3.16. The minimum atomic E-state index is -0.258. The van der Waals surface area contributed by atoms with Crippen LogP contribution in [0.3, 0.4) is 0 Å². The number of rotatable bonds is 8. The van der Waals surface area contributed by atoms with Gasteiger partial charge in [0.25, 0.3) is 0 Å². The van der Waals surface area contributed by atoms with Gasteiger partial charge >= 0.3 is 0 Å². The molecule has 4 nitrogen and oxygen atoms in total. The Morgan fingerprint density at radius 3 is 2.08 bits per heavy atom. The van der Waals surface area contributed by atoms with Crippen molar-refractivity contribution in [2.75, 3.05) is 13.7 Å². The molecule has 0 radical (unpaired) electrons. The zero-order valence-electron chi connectivity index (χ0n) is 14.8. The van der Waals surface area contributed by atoms with E-state index in [9.17, 15) is 0 Å². The van der Waals surface area contributed by atoms with E-state index in [1.165, 1.54) is 0 Å². The van der Waals surface area contributed by atoms with Crippen LogP contribution >= 0.6 is 0 Å². The highest BCUT2D eigenvalue weighted by Gasteiger charge is 2.43. The molecular formula is C21H26O4. The molecule has 4 heteroatoms. The van der Waals surface area contributed by atoms with Gasteiger partial charge in [0.2, 0.25) is 0 Å². The predicted octanol–water partition coefficient (Wildman–Crippen LogP) is 3.80. The Bertz CT molecular complexity index is 616. The summed E-state index contributed by atoms with van der Waals surface area (Å²) < 4.78 is 23.5. The number of ether oxygens (including phenoxy) is 4. The molecule has 0 aliphatic carbocycles. The first-order valence-electron chi connectivity index (χ1n) is 8.73. The Hall–Kier alpha value is -1.72. The van der Waals surface area contributed by atoms with Crippen molar-refractivity contribution in [3.8, 4) is 0 Å². The summed E-state index contributed by atoms with van der Waals surface area (Å²) in [7, 11) is 1.67. The average molecular weight is 342 g/mol. The van der Waals surface area contributed by atoms with Gasteiger partial charge in [0.1, 0.15) is 6.10 Å². The fraction of sp³-hybridized carbons (Fsp3) is 0.429. The summed E-state index contributed by atoms with van der Waals surface area (Å²) in [5, 5.41) is 0. The highest BCUT2D eigenvalue weighted by molar-refractivity contribution is 5.14. The van der Waals surface area contributed by atoms with Crippen LogP contribution in [0.4, 0.5) is 0 Å². The van der Waals surface area contributed by atoms with Crippen molar-refractivity contribution in [3.63, 3.8) is 0 Å². The van der Waals surface area contributed by atoms with Gasteiger partial charge < -0.3 is 18.9 Å². The van der Waals surface area contributed by atoms with Crippen molar-refractivity contribution in [3.05, 3.63) is 71.8 Å². The van der Waals surface area contributed by atoms with Crippen molar-refractivity contribution in [1.82, 2.24) is 0 Å². The Balaban J connectivity index is 1.55. The van der Waals surface area contributed by atoms with Crippen molar-refractivity contribution < 1.29 is 18.9 Å². The largest absolute Gasteiger partial charge is 0.374 e. The summed E-state index contributed by atoms with van der Waals surface area (Å²) in [6.07, 6.45) is -0.445. The summed E-state index contributed by atoms with van der Waals surface area (Å²) in [4.78, 5) is 0. The van der Waals surface area contributed by atoms with E-state index in [1.807, 2.05) is 36.4 Å². The van der Waals surface area contributed by atoms with Gasteiger partial charge in [-0.2, -0.15) is 0 Å². The fourth-order valence-electron chi connectivity index (χ4n) is 3.16. The second-order valence-corrected chi connectivity index (χ2v) is 6.40. The Morgan fingerprint density at radius 2 is 1.48 bits per heavy atom. The maximum Gasteiger partial charge on any atom is 0.162 e. The molecule has 1 heterocycles. The topological polar surface area (TPSA) is 36.9 Å². The predicted molar refractivity (Wildman–Crippen MR) is 96.0 cm³/mol. The van der Waals surface area contributed by atoms with E-state index < -0.39 is 0 Å². The van der Waals surface area contributed by atoms with Crippen LogP contribution in [-0.2, 0) is 32.2 Å². The highest BCUT2D eigenvalue weighted by atomic mass is 16.7. The molecule has 2 aromatic carbocycles. The Kier molecular flexibility index (Phi) is 6.59. The molecule has 0 spiro atoms. The first-order valence-corrected chi connectivity index (χ1v) is 8.73. The SMILES string of the molecule is COC1O[C@H](COCc2ccccc2)[C@H](OCc2ccccc2)C1C. The number of methoxy groups -OCH3 is 1. The number of benzene rings is 2. The summed E-state index contributed by atoms with van der Waals surface area (Å²) in [6.45, 7) is 3.71. The molecule has 0 amide bonds. The first-order chi connectivity index (χ1) is 12.3. The third kappa shape index (κ3) is 4.89. The van der Waals surface area contributed by atoms with Crippen LogP contribution in [0, 0.1) is 5.92 Å². The van der Waals surface area contributed by atoms with E-state index in [1.54, 1.807) is 7.11 Å². The van der Waals surface area contributed by atoms with Gasteiger partial charge in [0.15, 0.2) is 6.29 Å². The lowest BCUT2D eigenvalue weighted by Crippen LogP contribution is -2.32. The molecule has 2 unspecified atom stereocenters. The normalized spacial score (nSPS) is 26.0. The molecular weight excluding hydrogens is 316 g/mol. The van der Waals surface area contributed by atoms with E-state index in [0.29, 0.717) is 19.8 Å². The molecule has 134 valence electrons. The van der Waals surface area contributed by atoms with Crippen LogP contribution < -0.4 is 0 Å². The first kappa shape index (κ1) is 18.1. The van der Waals surface area contributed by atoms with Gasteiger partial charge in [-0.05, 0) is 11.1 Å². The van der Waals surface area contributed by atoms with E-state index >= 15 is 0 Å². The van der Waals surface area contributed by atoms with Gasteiger partial charge in [-0.1, -0.05) is 67.6 Å². The molecule has 2 aromatic rings. The summed E-state index contributed by atoms with van der Waals surface area (Å²) in [6, 6.07) is 20.3. The van der Waals surface area contributed by atoms with Crippen LogP contribution in [0.2, 0.25) is 0 Å². The van der Waals surface area contributed by atoms with Gasteiger partial charge in [-0.3, -0.25) is 0 Å². The minimum absolute atomic E-state index is 0.0547. The van der Waals surface area contributed by atoms with Crippen molar-refractivity contribution >= 4 is 0 Å². The third-order valence-corrected chi connectivity index (χ3v) is 4.53. The second-order valence-electron chi connectivity index (χ2n) is 6.40. The quantitative estimate of drug-likeness (QED) is 0.731. The molecule has 0 N–H and O–H groups in total. The molecule has 3 rings (SSSR count). The van der Waals surface area contributed by atoms with E-state index in [-0.39, 0.29) is 24.4 Å². The summed E-state index contributed by atoms with van der Waals surface area (Å²) in [5.74, 6) is 0.152. The van der Waals surface area contributed by atoms with Gasteiger partial charge in [-0.25, -0.2) is 0 Å². The standard InChI is InChI=1S/C21H26O4/c1-16-20(24-14-18-11-7-4-8-12-18)19(25-21(16)22-2)15-23-13-17-9-5-3-6-10-17/h3-12,16,19-21H,13-15H2,1-2H3/t16?,19-,20-,21?/m1/s1. The Labute approximate surface area is 149 Å². The average Bonchev–Trinajstić information content (AvgIpc) is 2.97. The smallest absolute Gasteiger partial charge is 0.162 e. The van der Waals surface area contributed by atoms with Crippen LogP contribution in [0.25, 0.3) is 0 Å². The van der Waals surface area contributed by atoms with Gasteiger partial charge in [0.05, 0.1) is 25.9 Å². The van der Waals surface area contributed by atoms with Crippen molar-refractivity contribution in [2.24, 2.45) is 5.92 Å². The molecule has 0 bridgehead atoms. The Morgan fingerprint density at radius 1 is 0.880 bits per heavy atom. The molecule has 0 saturated carbocycles. The lowest BCUT2D eigenvalue weighted by molar-refractivity contribution is -0.144. The van der Waals surface area contributed by atoms with Gasteiger partial charge in [0, 0.05) is 13.0 Å². The van der Waals surface area contributed by atoms with E-state index in [4.69, 9.17) is 18.9 Å². The highest BCUT2D eigenvalue weighted by Crippen LogP contribution is 2.30. The maximum absolute atomic E-state index is 6.16. The number of hydrogen-bond donors (Lipinski definition) is 0. The molecule has 1 aliphatic rings. The maximum atomic E-state index is 6.16. The lowest BCUT2D eigenvalue weighted by Gasteiger charge is -2.21. The monoisotopic (exact) mass is 342 g/mol. The molecule has 1 fully saturated rings. The third-order valence-electron chi connectivity index (χ3n) is 4.53. The van der Waals surface area contributed by atoms with Crippen LogP contribution in [0.15, 0.2) is 60.7 Å². The number of hydrogen-bond acceptors (Lipinski definition) is 4. The summed E-state index contributed by atoms with van der Waals surface area (Å²) >= 11 is 0. The van der Waals surface area contributed by atoms with E-state index in [0.717, 1.165) is 11.1 Å². The molecule has 1 saturated heterocycles. The molecule has 1 aliphatic heterocycles. The molecule has 0 aromatic heterocycles. The van der Waals surface area contributed by atoms with Crippen LogP contribution in [0.1, 0.15) is 18.1 Å². The van der Waals surface area contributed by atoms with Crippen LogP contribution in [0.5, 0.6) is 0 Å². The second kappa shape index (κ2) is 9.11. The molecule has 25 heavy (non-hydrogen) atoms. The van der Waals surface area contributed by atoms with Crippen molar-refractivity contribution in [1.29, 1.82) is 0 Å². The van der Waals surface area contributed by atoms with E-state index in [2.05, 4.69) is 31.2 Å².